The summed E-state index contributed by atoms with van der Waals surface area (Å²) >= 11 is 0. The average molecular weight is 164 g/mol. The molecular weight excluding hydrogens is 148 g/mol. The zero-order chi connectivity index (χ0) is 8.65. The largest absolute Gasteiger partial charge is 0.317 e. The van der Waals surface area contributed by atoms with Gasteiger partial charge in [-0.25, -0.2) is 0 Å². The first-order valence-electron chi connectivity index (χ1n) is 4.54. The van der Waals surface area contributed by atoms with E-state index < -0.39 is 0 Å². The Kier molecular flexibility index (Phi) is 4.39. The second-order valence-corrected chi connectivity index (χ2v) is 2.78. The minimum absolute atomic E-state index is 1.06. The normalized spacial score (nSPS) is 10.1. The van der Waals surface area contributed by atoms with Crippen LogP contribution < -0.4 is 5.32 Å². The summed E-state index contributed by atoms with van der Waals surface area (Å²) in [5.74, 6) is 0. The van der Waals surface area contributed by atoms with Gasteiger partial charge in [-0.05, 0) is 38.1 Å². The summed E-state index contributed by atoms with van der Waals surface area (Å²) in [4.78, 5) is 4.25. The predicted octanol–water partition coefficient (Wildman–Crippen LogP) is 1.62. The van der Waals surface area contributed by atoms with E-state index in [-0.39, 0.29) is 0 Å². The molecule has 0 aliphatic rings. The van der Waals surface area contributed by atoms with Crippen molar-refractivity contribution in [1.82, 2.24) is 10.3 Å². The highest BCUT2D eigenvalue weighted by Crippen LogP contribution is 1.96. The summed E-state index contributed by atoms with van der Waals surface area (Å²) in [5.41, 5.74) is 1.19. The number of nitrogens with one attached hydrogen (secondary N) is 1. The van der Waals surface area contributed by atoms with E-state index in [2.05, 4.69) is 23.3 Å². The molecule has 0 saturated heterocycles. The zero-order valence-corrected chi connectivity index (χ0v) is 7.59. The fraction of sp³-hybridized carbons (Fsp3) is 0.500. The Bertz CT molecular complexity index is 196. The first-order chi connectivity index (χ1) is 5.93. The van der Waals surface area contributed by atoms with Gasteiger partial charge < -0.3 is 5.32 Å². The number of hydrogen-bond donors (Lipinski definition) is 1. The van der Waals surface area contributed by atoms with Crippen LogP contribution in [0.4, 0.5) is 0 Å². The third-order valence-electron chi connectivity index (χ3n) is 1.76. The van der Waals surface area contributed by atoms with E-state index in [1.165, 1.54) is 12.1 Å². The summed E-state index contributed by atoms with van der Waals surface area (Å²) in [6.45, 7) is 4.27. The van der Waals surface area contributed by atoms with Crippen LogP contribution >= 0.6 is 0 Å². The van der Waals surface area contributed by atoms with Gasteiger partial charge in [-0.15, -0.1) is 0 Å². The molecule has 0 unspecified atom stereocenters. The van der Waals surface area contributed by atoms with Crippen molar-refractivity contribution in [2.75, 3.05) is 13.1 Å². The molecule has 0 bridgehead atoms. The molecule has 2 nitrogen and oxygen atoms in total. The van der Waals surface area contributed by atoms with Crippen LogP contribution in [-0.4, -0.2) is 18.1 Å². The summed E-state index contributed by atoms with van der Waals surface area (Å²) < 4.78 is 0. The Balaban J connectivity index is 2.16. The third-order valence-corrected chi connectivity index (χ3v) is 1.76. The van der Waals surface area contributed by atoms with Crippen molar-refractivity contribution in [3.05, 3.63) is 30.1 Å². The lowest BCUT2D eigenvalue weighted by atomic mass is 10.2. The van der Waals surface area contributed by atoms with E-state index in [1.54, 1.807) is 0 Å². The molecule has 66 valence electrons. The molecule has 2 heteroatoms. The number of rotatable bonds is 5. The van der Waals surface area contributed by atoms with Crippen LogP contribution in [0, 0.1) is 0 Å². The van der Waals surface area contributed by atoms with Crippen LogP contribution in [-0.2, 0) is 6.42 Å². The second kappa shape index (κ2) is 5.72. The molecule has 0 saturated carbocycles. The average Bonchev–Trinajstić information content (AvgIpc) is 2.14. The molecule has 0 fully saturated rings. The SMILES string of the molecule is CCNCCCc1ccccn1. The molecule has 1 heterocycles. The van der Waals surface area contributed by atoms with Crippen molar-refractivity contribution in [2.45, 2.75) is 19.8 Å². The maximum absolute atomic E-state index is 4.25. The Hall–Kier alpha value is -0.890. The van der Waals surface area contributed by atoms with Gasteiger partial charge in [0, 0.05) is 11.9 Å². The molecule has 0 aliphatic heterocycles. The zero-order valence-electron chi connectivity index (χ0n) is 7.59. The fourth-order valence-corrected chi connectivity index (χ4v) is 1.12. The number of hydrogen-bond acceptors (Lipinski definition) is 2. The maximum Gasteiger partial charge on any atom is 0.0404 e. The summed E-state index contributed by atoms with van der Waals surface area (Å²) in [5, 5.41) is 3.29. The lowest BCUT2D eigenvalue weighted by Crippen LogP contribution is -2.14. The van der Waals surface area contributed by atoms with Crippen LogP contribution in [0.15, 0.2) is 24.4 Å². The molecule has 12 heavy (non-hydrogen) atoms. The molecular formula is C10H16N2. The second-order valence-electron chi connectivity index (χ2n) is 2.78. The Morgan fingerprint density at radius 2 is 2.33 bits per heavy atom. The minimum Gasteiger partial charge on any atom is -0.317 e. The molecule has 0 amide bonds. The van der Waals surface area contributed by atoms with Gasteiger partial charge in [0.15, 0.2) is 0 Å². The topological polar surface area (TPSA) is 24.9 Å². The van der Waals surface area contributed by atoms with E-state index in [0.29, 0.717) is 0 Å². The van der Waals surface area contributed by atoms with Crippen molar-refractivity contribution in [3.63, 3.8) is 0 Å². The standard InChI is InChI=1S/C10H16N2/c1-2-11-8-5-7-10-6-3-4-9-12-10/h3-4,6,9,11H,2,5,7-8H2,1H3. The van der Waals surface area contributed by atoms with Gasteiger partial charge in [0.1, 0.15) is 0 Å². The highest BCUT2D eigenvalue weighted by atomic mass is 14.8. The van der Waals surface area contributed by atoms with Crippen molar-refractivity contribution in [1.29, 1.82) is 0 Å². The first-order valence-corrected chi connectivity index (χ1v) is 4.54. The number of pyridine rings is 1. The van der Waals surface area contributed by atoms with Crippen LogP contribution in [0.1, 0.15) is 19.0 Å². The summed E-state index contributed by atoms with van der Waals surface area (Å²) in [7, 11) is 0. The van der Waals surface area contributed by atoms with Crippen LogP contribution in [0.25, 0.3) is 0 Å². The van der Waals surface area contributed by atoms with Gasteiger partial charge >= 0.3 is 0 Å². The lowest BCUT2D eigenvalue weighted by Gasteiger charge is -2.00. The molecule has 0 radical (unpaired) electrons. The maximum atomic E-state index is 4.25. The number of aromatic nitrogens is 1. The summed E-state index contributed by atoms with van der Waals surface area (Å²) in [6, 6.07) is 6.06. The molecule has 1 aromatic heterocycles. The molecule has 0 aliphatic carbocycles. The van der Waals surface area contributed by atoms with E-state index in [9.17, 15) is 0 Å². The molecule has 1 rings (SSSR count). The molecule has 0 atom stereocenters. The van der Waals surface area contributed by atoms with Gasteiger partial charge in [0.05, 0.1) is 0 Å². The van der Waals surface area contributed by atoms with Crippen molar-refractivity contribution in [3.8, 4) is 0 Å². The Morgan fingerprint density at radius 1 is 1.42 bits per heavy atom. The van der Waals surface area contributed by atoms with Gasteiger partial charge in [0.2, 0.25) is 0 Å². The smallest absolute Gasteiger partial charge is 0.0404 e. The quantitative estimate of drug-likeness (QED) is 0.669. The number of aryl methyl sites for hydroxylation is 1. The van der Waals surface area contributed by atoms with Gasteiger partial charge in [-0.3, -0.25) is 4.98 Å². The van der Waals surface area contributed by atoms with Crippen molar-refractivity contribution >= 4 is 0 Å². The Labute approximate surface area is 74.0 Å². The van der Waals surface area contributed by atoms with Crippen molar-refractivity contribution in [2.24, 2.45) is 0 Å². The monoisotopic (exact) mass is 164 g/mol. The highest BCUT2D eigenvalue weighted by Gasteiger charge is 1.91. The van der Waals surface area contributed by atoms with Crippen LogP contribution in [0.5, 0.6) is 0 Å². The van der Waals surface area contributed by atoms with E-state index in [4.69, 9.17) is 0 Å². The Morgan fingerprint density at radius 3 is 3.00 bits per heavy atom. The van der Waals surface area contributed by atoms with Gasteiger partial charge in [-0.1, -0.05) is 13.0 Å². The van der Waals surface area contributed by atoms with E-state index >= 15 is 0 Å². The summed E-state index contributed by atoms with van der Waals surface area (Å²) in [6.07, 6.45) is 4.10. The number of nitrogens with zero attached hydrogens (tertiary/aromatic N) is 1. The molecule has 1 N–H and O–H groups in total. The van der Waals surface area contributed by atoms with E-state index in [1.807, 2.05) is 18.3 Å². The lowest BCUT2D eigenvalue weighted by molar-refractivity contribution is 0.667. The van der Waals surface area contributed by atoms with Crippen LogP contribution in [0.3, 0.4) is 0 Å². The molecule has 0 spiro atoms. The van der Waals surface area contributed by atoms with Gasteiger partial charge in [0.25, 0.3) is 0 Å². The fourth-order valence-electron chi connectivity index (χ4n) is 1.12. The van der Waals surface area contributed by atoms with E-state index in [0.717, 1.165) is 19.5 Å². The highest BCUT2D eigenvalue weighted by molar-refractivity contribution is 5.03. The molecule has 0 aromatic carbocycles. The molecule has 1 aromatic rings. The minimum atomic E-state index is 1.06. The van der Waals surface area contributed by atoms with Gasteiger partial charge in [-0.2, -0.15) is 0 Å². The third kappa shape index (κ3) is 3.49. The van der Waals surface area contributed by atoms with Crippen molar-refractivity contribution < 1.29 is 0 Å². The predicted molar refractivity (Wildman–Crippen MR) is 51.1 cm³/mol. The van der Waals surface area contributed by atoms with Crippen LogP contribution in [0.2, 0.25) is 0 Å². The first kappa shape index (κ1) is 9.20.